The van der Waals surface area contributed by atoms with Gasteiger partial charge < -0.3 is 28.5 Å². The van der Waals surface area contributed by atoms with Crippen LogP contribution in [0.15, 0.2) is 83.1 Å². The molecule has 5 atom stereocenters. The fourth-order valence-electron chi connectivity index (χ4n) is 6.75. The number of sulfonamides is 1. The second-order valence-corrected chi connectivity index (χ2v) is 15.8. The highest BCUT2D eigenvalue weighted by molar-refractivity contribution is 7.89. The van der Waals surface area contributed by atoms with Crippen molar-refractivity contribution in [1.29, 1.82) is 0 Å². The van der Waals surface area contributed by atoms with Crippen molar-refractivity contribution in [1.82, 2.24) is 4.31 Å². The molecule has 1 amide bonds. The third-order valence-electron chi connectivity index (χ3n) is 9.30. The molecule has 270 valence electrons. The molecule has 1 aliphatic carbocycles. The number of allylic oxidation sites excluding steroid dienone is 2. The monoisotopic (exact) mass is 700 g/mol. The summed E-state index contributed by atoms with van der Waals surface area (Å²) in [4.78, 5) is 14.0. The van der Waals surface area contributed by atoms with Crippen molar-refractivity contribution < 1.29 is 41.7 Å². The molecule has 2 N–H and O–H groups in total. The summed E-state index contributed by atoms with van der Waals surface area (Å²) >= 11 is 0. The van der Waals surface area contributed by atoms with Crippen molar-refractivity contribution in [2.24, 2.45) is 5.41 Å². The topological polar surface area (TPSA) is 143 Å². The van der Waals surface area contributed by atoms with Gasteiger partial charge in [-0.2, -0.15) is 4.31 Å². The number of unbranched alkanes of at least 4 members (excludes halogenated alkanes) is 2. The first-order chi connectivity index (χ1) is 23.4. The minimum atomic E-state index is -4.09. The maximum atomic E-state index is 14.8. The van der Waals surface area contributed by atoms with Gasteiger partial charge in [0.2, 0.25) is 10.0 Å². The lowest BCUT2D eigenvalue weighted by molar-refractivity contribution is -0.0290. The van der Waals surface area contributed by atoms with Crippen LogP contribution in [0.2, 0.25) is 0 Å². The highest BCUT2D eigenvalue weighted by atomic mass is 32.2. The number of carboxylic acid groups (broad SMARTS) is 1. The van der Waals surface area contributed by atoms with Gasteiger partial charge in [-0.3, -0.25) is 4.90 Å². The number of aliphatic hydroxyl groups is 1. The van der Waals surface area contributed by atoms with Gasteiger partial charge in [0, 0.05) is 33.2 Å². The largest absolute Gasteiger partial charge is 0.465 e. The second-order valence-electron chi connectivity index (χ2n) is 13.6. The normalized spacial score (nSPS) is 19.9. The smallest absolute Gasteiger partial charge is 0.412 e. The first-order valence-corrected chi connectivity index (χ1v) is 18.5. The van der Waals surface area contributed by atoms with Gasteiger partial charge in [0.05, 0.1) is 41.7 Å². The van der Waals surface area contributed by atoms with Crippen LogP contribution in [0.5, 0.6) is 0 Å². The van der Waals surface area contributed by atoms with E-state index in [-0.39, 0.29) is 37.1 Å². The Kier molecular flexibility index (Phi) is 13.7. The Bertz CT molecular complexity index is 1600. The predicted molar refractivity (Wildman–Crippen MR) is 190 cm³/mol. The number of nitrogens with zero attached hydrogens (tertiary/aromatic N) is 2. The van der Waals surface area contributed by atoms with Crippen molar-refractivity contribution in [3.05, 3.63) is 79.8 Å². The predicted octanol–water partition coefficient (Wildman–Crippen LogP) is 7.03. The zero-order chi connectivity index (χ0) is 35.6. The number of hydrogen-bond acceptors (Lipinski definition) is 8. The quantitative estimate of drug-likeness (QED) is 0.0939. The van der Waals surface area contributed by atoms with Crippen LogP contribution in [0.4, 0.5) is 10.5 Å². The van der Waals surface area contributed by atoms with Crippen LogP contribution < -0.4 is 4.90 Å². The Balaban J connectivity index is 1.71. The molecule has 2 heterocycles. The highest BCUT2D eigenvalue weighted by Gasteiger charge is 2.45. The third kappa shape index (κ3) is 9.85. The SMILES string of the molecule is C=CCCCCOC1CC(OC)CCC1S(=O)(=O)N(C[C@@H](O)[C@H](Cc1ccccc1)N(C(=O)O)c1coc2occc12)CC(C)(C)CC=C. The molecular weight excluding hydrogens is 648 g/mol. The number of hydrogen-bond donors (Lipinski definition) is 2. The molecule has 0 spiro atoms. The summed E-state index contributed by atoms with van der Waals surface area (Å²) in [6, 6.07) is 9.71. The number of furan rings is 2. The molecule has 0 aliphatic heterocycles. The van der Waals surface area contributed by atoms with Crippen LogP contribution in [-0.2, 0) is 25.9 Å². The molecule has 12 heteroatoms. The van der Waals surface area contributed by atoms with Gasteiger partial charge in [0.1, 0.15) is 11.5 Å². The standard InChI is InChI=1S/C37H52N2O9S/c1-6-8-9-13-20-46-33-23-28(45-5)16-17-34(33)49(43,44)38(26-37(3,4)19-7-2)24-32(40)30(22-27-14-11-10-12-15-27)39(36(41)42)31-25-48-35-29(31)18-21-47-35/h6-7,10-12,14-15,18,21,25,28,30,32-34,40H,1-2,8-9,13,16-17,19-20,22-24,26H2,3-5H3,(H,41,42)/t28?,30-,32+,33?,34?/m0/s1. The summed E-state index contributed by atoms with van der Waals surface area (Å²) in [5.41, 5.74) is 0.434. The number of rotatable bonds is 20. The minimum Gasteiger partial charge on any atom is -0.465 e. The third-order valence-corrected chi connectivity index (χ3v) is 11.6. The van der Waals surface area contributed by atoms with Gasteiger partial charge in [0.15, 0.2) is 0 Å². The zero-order valence-corrected chi connectivity index (χ0v) is 29.7. The molecule has 0 radical (unpaired) electrons. The van der Waals surface area contributed by atoms with Crippen LogP contribution in [0.3, 0.4) is 0 Å². The summed E-state index contributed by atoms with van der Waals surface area (Å²) in [7, 11) is -2.46. The molecular formula is C37H52N2O9S. The number of ether oxygens (including phenoxy) is 2. The van der Waals surface area contributed by atoms with E-state index in [2.05, 4.69) is 13.2 Å². The van der Waals surface area contributed by atoms with Gasteiger partial charge in [-0.25, -0.2) is 13.2 Å². The Morgan fingerprint density at radius 2 is 1.88 bits per heavy atom. The van der Waals surface area contributed by atoms with Crippen LogP contribution in [0.25, 0.3) is 11.2 Å². The summed E-state index contributed by atoms with van der Waals surface area (Å²) < 4.78 is 53.7. The van der Waals surface area contributed by atoms with E-state index in [1.165, 1.54) is 16.8 Å². The van der Waals surface area contributed by atoms with Gasteiger partial charge in [-0.05, 0) is 62.0 Å². The molecule has 11 nitrogen and oxygen atoms in total. The van der Waals surface area contributed by atoms with Gasteiger partial charge >= 0.3 is 6.09 Å². The fourth-order valence-corrected chi connectivity index (χ4v) is 9.03. The number of amides is 1. The minimum absolute atomic E-state index is 0.0808. The van der Waals surface area contributed by atoms with Crippen LogP contribution in [0, 0.1) is 5.41 Å². The molecule has 4 rings (SSSR count). The number of fused-ring (bicyclic) bond motifs is 1. The average Bonchev–Trinajstić information content (AvgIpc) is 3.69. The average molecular weight is 701 g/mol. The molecule has 0 bridgehead atoms. The molecule has 0 saturated heterocycles. The van der Waals surface area contributed by atoms with E-state index in [1.54, 1.807) is 19.3 Å². The Morgan fingerprint density at radius 1 is 1.12 bits per heavy atom. The molecule has 3 aromatic rings. The number of methoxy groups -OCH3 is 1. The maximum Gasteiger partial charge on any atom is 0.412 e. The fraction of sp³-hybridized carbons (Fsp3) is 0.541. The number of carbonyl (C=O) groups is 1. The lowest BCUT2D eigenvalue weighted by Gasteiger charge is -2.41. The van der Waals surface area contributed by atoms with E-state index in [9.17, 15) is 23.4 Å². The van der Waals surface area contributed by atoms with Gasteiger partial charge in [-0.15, -0.1) is 13.2 Å². The summed E-state index contributed by atoms with van der Waals surface area (Å²) in [6.45, 7) is 11.7. The van der Waals surface area contributed by atoms with E-state index >= 15 is 0 Å². The van der Waals surface area contributed by atoms with E-state index in [0.29, 0.717) is 37.7 Å². The summed E-state index contributed by atoms with van der Waals surface area (Å²) in [6.07, 6.45) is 7.23. The van der Waals surface area contributed by atoms with Crippen LogP contribution >= 0.6 is 0 Å². The molecule has 49 heavy (non-hydrogen) atoms. The summed E-state index contributed by atoms with van der Waals surface area (Å²) in [5.74, 6) is 0.145. The number of benzene rings is 1. The van der Waals surface area contributed by atoms with Crippen molar-refractivity contribution >= 4 is 33.0 Å². The Morgan fingerprint density at radius 3 is 2.55 bits per heavy atom. The van der Waals surface area contributed by atoms with Crippen molar-refractivity contribution in [2.75, 3.05) is 31.7 Å². The second kappa shape index (κ2) is 17.5. The first kappa shape index (κ1) is 38.4. The van der Waals surface area contributed by atoms with E-state index in [1.807, 2.05) is 50.3 Å². The summed E-state index contributed by atoms with van der Waals surface area (Å²) in [5, 5.41) is 22.2. The van der Waals surface area contributed by atoms with Gasteiger partial charge in [-0.1, -0.05) is 56.3 Å². The number of anilines is 1. The van der Waals surface area contributed by atoms with Crippen LogP contribution in [-0.4, -0.2) is 85.4 Å². The molecule has 1 fully saturated rings. The van der Waals surface area contributed by atoms with Crippen LogP contribution in [0.1, 0.15) is 64.4 Å². The lowest BCUT2D eigenvalue weighted by atomic mass is 9.89. The molecule has 1 saturated carbocycles. The molecule has 1 aromatic carbocycles. The van der Waals surface area contributed by atoms with Gasteiger partial charge in [0.25, 0.3) is 5.78 Å². The maximum absolute atomic E-state index is 14.8. The number of aliphatic hydroxyl groups excluding tert-OH is 1. The van der Waals surface area contributed by atoms with Crippen molar-refractivity contribution in [3.8, 4) is 0 Å². The van der Waals surface area contributed by atoms with Crippen molar-refractivity contribution in [3.63, 3.8) is 0 Å². The molecule has 2 aromatic heterocycles. The van der Waals surface area contributed by atoms with E-state index in [4.69, 9.17) is 18.3 Å². The molecule has 1 aliphatic rings. The Labute approximate surface area is 290 Å². The first-order valence-electron chi connectivity index (χ1n) is 17.0. The van der Waals surface area contributed by atoms with E-state index < -0.39 is 45.0 Å². The van der Waals surface area contributed by atoms with E-state index in [0.717, 1.165) is 29.7 Å². The zero-order valence-electron chi connectivity index (χ0n) is 28.9. The van der Waals surface area contributed by atoms with Crippen molar-refractivity contribution in [2.45, 2.75) is 94.8 Å². The lowest BCUT2D eigenvalue weighted by Crippen LogP contribution is -2.56. The Hall–Kier alpha value is -3.42. The highest BCUT2D eigenvalue weighted by Crippen LogP contribution is 2.36. The molecule has 3 unspecified atom stereocenters.